The second-order valence-corrected chi connectivity index (χ2v) is 6.50. The number of aliphatic hydroxyl groups is 1. The highest BCUT2D eigenvalue weighted by molar-refractivity contribution is 5.92. The summed E-state index contributed by atoms with van der Waals surface area (Å²) in [5.74, 6) is -3.68. The number of nitrogens with one attached hydrogen (secondary N) is 3. The molecule has 0 aromatic heterocycles. The Labute approximate surface area is 152 Å². The van der Waals surface area contributed by atoms with Crippen molar-refractivity contribution in [1.29, 1.82) is 0 Å². The summed E-state index contributed by atoms with van der Waals surface area (Å²) in [6.45, 7) is 5.82. The summed E-state index contributed by atoms with van der Waals surface area (Å²) in [6.07, 6.45) is 0.523. The van der Waals surface area contributed by atoms with Crippen molar-refractivity contribution in [2.75, 3.05) is 13.2 Å². The number of carboxylic acid groups (broad SMARTS) is 1. The highest BCUT2D eigenvalue weighted by Crippen LogP contribution is 2.08. The first kappa shape index (κ1) is 23.8. The minimum Gasteiger partial charge on any atom is -0.480 e. The first-order chi connectivity index (χ1) is 12.0. The molecule has 7 N–H and O–H groups in total. The van der Waals surface area contributed by atoms with E-state index in [0.717, 1.165) is 0 Å². The Kier molecular flexibility index (Phi) is 10.5. The van der Waals surface area contributed by atoms with Crippen LogP contribution >= 0.6 is 0 Å². The lowest BCUT2D eigenvalue weighted by Crippen LogP contribution is -2.56. The van der Waals surface area contributed by atoms with Gasteiger partial charge in [0.1, 0.15) is 12.1 Å². The maximum atomic E-state index is 12.1. The summed E-state index contributed by atoms with van der Waals surface area (Å²) in [4.78, 5) is 46.9. The fourth-order valence-electron chi connectivity index (χ4n) is 1.96. The van der Waals surface area contributed by atoms with Crippen LogP contribution in [0.4, 0.5) is 0 Å². The van der Waals surface area contributed by atoms with Gasteiger partial charge in [-0.05, 0) is 11.8 Å². The summed E-state index contributed by atoms with van der Waals surface area (Å²) in [5.41, 5.74) is 5.64. The minimum absolute atomic E-state index is 0.109. The van der Waals surface area contributed by atoms with Gasteiger partial charge in [-0.1, -0.05) is 34.1 Å². The topological polar surface area (TPSA) is 171 Å². The summed E-state index contributed by atoms with van der Waals surface area (Å²) in [5, 5.41) is 25.4. The van der Waals surface area contributed by atoms with E-state index in [1.54, 1.807) is 27.7 Å². The van der Waals surface area contributed by atoms with Crippen molar-refractivity contribution in [3.8, 4) is 0 Å². The zero-order chi connectivity index (χ0) is 20.4. The molecule has 0 radical (unpaired) electrons. The van der Waals surface area contributed by atoms with E-state index in [0.29, 0.717) is 6.42 Å². The first-order valence-corrected chi connectivity index (χ1v) is 8.51. The smallest absolute Gasteiger partial charge is 0.326 e. The summed E-state index contributed by atoms with van der Waals surface area (Å²) < 4.78 is 0. The fourth-order valence-corrected chi connectivity index (χ4v) is 1.96. The van der Waals surface area contributed by atoms with Gasteiger partial charge in [-0.15, -0.1) is 0 Å². The Morgan fingerprint density at radius 3 is 2.04 bits per heavy atom. The van der Waals surface area contributed by atoms with Crippen LogP contribution in [0.25, 0.3) is 0 Å². The van der Waals surface area contributed by atoms with E-state index in [4.69, 9.17) is 5.73 Å². The number of carboxylic acids is 1. The highest BCUT2D eigenvalue weighted by atomic mass is 16.4. The average molecular weight is 374 g/mol. The summed E-state index contributed by atoms with van der Waals surface area (Å²) in [6, 6.07) is -3.24. The van der Waals surface area contributed by atoms with Crippen molar-refractivity contribution >= 4 is 23.7 Å². The Morgan fingerprint density at radius 2 is 1.62 bits per heavy atom. The molecule has 10 heteroatoms. The van der Waals surface area contributed by atoms with E-state index >= 15 is 0 Å². The van der Waals surface area contributed by atoms with Crippen LogP contribution in [0, 0.1) is 11.8 Å². The molecule has 0 aromatic rings. The van der Waals surface area contributed by atoms with Crippen molar-refractivity contribution in [3.05, 3.63) is 0 Å². The Morgan fingerprint density at radius 1 is 1.04 bits per heavy atom. The van der Waals surface area contributed by atoms with Gasteiger partial charge in [-0.25, -0.2) is 4.79 Å². The van der Waals surface area contributed by atoms with Gasteiger partial charge in [-0.3, -0.25) is 14.4 Å². The molecule has 0 saturated carbocycles. The largest absolute Gasteiger partial charge is 0.480 e. The van der Waals surface area contributed by atoms with Gasteiger partial charge >= 0.3 is 5.97 Å². The van der Waals surface area contributed by atoms with E-state index in [1.165, 1.54) is 0 Å². The molecule has 0 aliphatic heterocycles. The van der Waals surface area contributed by atoms with Gasteiger partial charge in [0, 0.05) is 0 Å². The monoisotopic (exact) mass is 374 g/mol. The van der Waals surface area contributed by atoms with Gasteiger partial charge in [0.25, 0.3) is 0 Å². The Hall–Kier alpha value is -2.20. The number of rotatable bonds is 11. The van der Waals surface area contributed by atoms with Crippen molar-refractivity contribution in [1.82, 2.24) is 16.0 Å². The molecule has 0 heterocycles. The van der Waals surface area contributed by atoms with Crippen molar-refractivity contribution in [2.24, 2.45) is 17.6 Å². The highest BCUT2D eigenvalue weighted by Gasteiger charge is 2.29. The molecule has 26 heavy (non-hydrogen) atoms. The van der Waals surface area contributed by atoms with E-state index < -0.39 is 55.0 Å². The zero-order valence-corrected chi connectivity index (χ0v) is 15.6. The molecule has 0 aliphatic carbocycles. The van der Waals surface area contributed by atoms with Crippen LogP contribution < -0.4 is 21.7 Å². The maximum absolute atomic E-state index is 12.1. The number of aliphatic carboxylic acids is 1. The quantitative estimate of drug-likeness (QED) is 0.247. The van der Waals surface area contributed by atoms with Gasteiger partial charge < -0.3 is 31.9 Å². The van der Waals surface area contributed by atoms with E-state index in [-0.39, 0.29) is 11.8 Å². The van der Waals surface area contributed by atoms with Crippen LogP contribution in [0.3, 0.4) is 0 Å². The molecular weight excluding hydrogens is 344 g/mol. The zero-order valence-electron chi connectivity index (χ0n) is 15.6. The number of aliphatic hydroxyl groups excluding tert-OH is 1. The molecule has 0 aliphatic rings. The lowest BCUT2D eigenvalue weighted by atomic mass is 9.99. The molecule has 0 bridgehead atoms. The third-order valence-corrected chi connectivity index (χ3v) is 4.06. The number of carbonyl (C=O) groups is 4. The molecule has 3 amide bonds. The molecule has 10 nitrogen and oxygen atoms in total. The van der Waals surface area contributed by atoms with Crippen molar-refractivity contribution in [3.63, 3.8) is 0 Å². The number of amides is 3. The minimum atomic E-state index is -1.33. The van der Waals surface area contributed by atoms with Gasteiger partial charge in [0.2, 0.25) is 17.7 Å². The van der Waals surface area contributed by atoms with Crippen LogP contribution in [0.1, 0.15) is 34.1 Å². The first-order valence-electron chi connectivity index (χ1n) is 8.51. The molecule has 0 fully saturated rings. The van der Waals surface area contributed by atoms with E-state index in [2.05, 4.69) is 16.0 Å². The standard InChI is InChI=1S/C16H30N4O6/c1-5-9(4)13(16(25)26)20-14(23)10(7-21)19-11(22)6-18-15(24)12(17)8(2)3/h8-10,12-13,21H,5-7,17H2,1-4H3,(H,18,24)(H,19,22)(H,20,23)(H,25,26). The van der Waals surface area contributed by atoms with E-state index in [9.17, 15) is 29.4 Å². The third-order valence-electron chi connectivity index (χ3n) is 4.06. The molecule has 0 rings (SSSR count). The second-order valence-electron chi connectivity index (χ2n) is 6.50. The van der Waals surface area contributed by atoms with Crippen molar-refractivity contribution in [2.45, 2.75) is 52.2 Å². The lowest BCUT2D eigenvalue weighted by molar-refractivity contribution is -0.144. The van der Waals surface area contributed by atoms with Crippen LogP contribution in [0.5, 0.6) is 0 Å². The predicted molar refractivity (Wildman–Crippen MR) is 93.9 cm³/mol. The van der Waals surface area contributed by atoms with E-state index in [1.807, 2.05) is 0 Å². The van der Waals surface area contributed by atoms with Crippen LogP contribution in [0.15, 0.2) is 0 Å². The van der Waals surface area contributed by atoms with Crippen LogP contribution in [-0.2, 0) is 19.2 Å². The maximum Gasteiger partial charge on any atom is 0.326 e. The fraction of sp³-hybridized carbons (Fsp3) is 0.750. The van der Waals surface area contributed by atoms with Crippen LogP contribution in [-0.4, -0.2) is 65.2 Å². The lowest BCUT2D eigenvalue weighted by Gasteiger charge is -2.23. The molecule has 0 spiro atoms. The number of hydrogen-bond acceptors (Lipinski definition) is 6. The normalized spacial score (nSPS) is 15.5. The molecular formula is C16H30N4O6. The number of carbonyl (C=O) groups excluding carboxylic acids is 3. The SMILES string of the molecule is CCC(C)C(NC(=O)C(CO)NC(=O)CNC(=O)C(N)C(C)C)C(=O)O. The van der Waals surface area contributed by atoms with Crippen molar-refractivity contribution < 1.29 is 29.4 Å². The average Bonchev–Trinajstić information content (AvgIpc) is 2.59. The van der Waals surface area contributed by atoms with Crippen LogP contribution in [0.2, 0.25) is 0 Å². The Bertz CT molecular complexity index is 511. The second kappa shape index (κ2) is 11.4. The summed E-state index contributed by atoms with van der Waals surface area (Å²) in [7, 11) is 0. The third kappa shape index (κ3) is 7.79. The molecule has 0 aromatic carbocycles. The number of hydrogen-bond donors (Lipinski definition) is 6. The number of nitrogens with two attached hydrogens (primary N) is 1. The van der Waals surface area contributed by atoms with Gasteiger partial charge in [-0.2, -0.15) is 0 Å². The molecule has 4 atom stereocenters. The Balaban J connectivity index is 4.68. The predicted octanol–water partition coefficient (Wildman–Crippen LogP) is -1.82. The van der Waals surface area contributed by atoms with Gasteiger partial charge in [0.05, 0.1) is 19.2 Å². The summed E-state index contributed by atoms with van der Waals surface area (Å²) >= 11 is 0. The molecule has 150 valence electrons. The van der Waals surface area contributed by atoms with Gasteiger partial charge in [0.15, 0.2) is 0 Å². The molecule has 0 saturated heterocycles. The molecule has 4 unspecified atom stereocenters.